The van der Waals surface area contributed by atoms with E-state index in [-0.39, 0.29) is 16.1 Å². The Morgan fingerprint density at radius 3 is 2.40 bits per heavy atom. The quantitative estimate of drug-likeness (QED) is 0.675. The number of carbonyl (C=O) groups excluding carboxylic acids is 2. The third kappa shape index (κ3) is 4.71. The molecule has 8 nitrogen and oxygen atoms in total. The van der Waals surface area contributed by atoms with Crippen LogP contribution in [0.4, 0.5) is 5.13 Å². The standard InChI is InChI=1S/C20H25N3O5S2/c1-13-17(19(25)28-3)29-20(21-13)22-18(24)14-9-11-16(12-10-14)30(26,27)23(2)15-7-5-4-6-8-15/h9-12,15H,4-8H2,1-3H3,(H,21,22,24). The van der Waals surface area contributed by atoms with Crippen molar-refractivity contribution in [3.8, 4) is 0 Å². The van der Waals surface area contributed by atoms with E-state index >= 15 is 0 Å². The Labute approximate surface area is 180 Å². The second-order valence-corrected chi connectivity index (χ2v) is 10.2. The molecule has 1 heterocycles. The molecule has 30 heavy (non-hydrogen) atoms. The van der Waals surface area contributed by atoms with Gasteiger partial charge in [-0.05, 0) is 44.0 Å². The average molecular weight is 452 g/mol. The number of benzene rings is 1. The minimum atomic E-state index is -3.61. The molecule has 0 aliphatic heterocycles. The van der Waals surface area contributed by atoms with Crippen molar-refractivity contribution in [1.82, 2.24) is 9.29 Å². The first-order valence-electron chi connectivity index (χ1n) is 9.69. The van der Waals surface area contributed by atoms with Gasteiger partial charge in [-0.2, -0.15) is 4.31 Å². The van der Waals surface area contributed by atoms with Crippen molar-refractivity contribution in [3.05, 3.63) is 40.4 Å². The SMILES string of the molecule is COC(=O)c1sc(NC(=O)c2ccc(S(=O)(=O)N(C)C3CCCCC3)cc2)nc1C. The number of esters is 1. The maximum absolute atomic E-state index is 12.9. The molecule has 1 fully saturated rings. The summed E-state index contributed by atoms with van der Waals surface area (Å²) in [4.78, 5) is 28.8. The third-order valence-corrected chi connectivity index (χ3v) is 8.25. The molecule has 3 rings (SSSR count). The van der Waals surface area contributed by atoms with Crippen LogP contribution in [0.25, 0.3) is 0 Å². The summed E-state index contributed by atoms with van der Waals surface area (Å²) in [5, 5.41) is 2.90. The molecule has 0 saturated heterocycles. The van der Waals surface area contributed by atoms with Gasteiger partial charge in [0.2, 0.25) is 10.0 Å². The number of carbonyl (C=O) groups is 2. The Bertz CT molecular complexity index is 1030. The highest BCUT2D eigenvalue weighted by molar-refractivity contribution is 7.89. The largest absolute Gasteiger partial charge is 0.465 e. The number of hydrogen-bond donors (Lipinski definition) is 1. The Kier molecular flexibility index (Phi) is 6.89. The molecular weight excluding hydrogens is 426 g/mol. The highest BCUT2D eigenvalue weighted by atomic mass is 32.2. The number of hydrogen-bond acceptors (Lipinski definition) is 7. The van der Waals surface area contributed by atoms with Crippen molar-refractivity contribution in [2.45, 2.75) is 50.0 Å². The molecule has 0 unspecified atom stereocenters. The number of thiazole rings is 1. The molecule has 0 spiro atoms. The van der Waals surface area contributed by atoms with Gasteiger partial charge in [0.1, 0.15) is 4.88 Å². The number of amides is 1. The second kappa shape index (κ2) is 9.23. The first-order chi connectivity index (χ1) is 14.2. The van der Waals surface area contributed by atoms with Gasteiger partial charge in [-0.1, -0.05) is 30.6 Å². The highest BCUT2D eigenvalue weighted by Gasteiger charge is 2.29. The average Bonchev–Trinajstić information content (AvgIpc) is 3.13. The summed E-state index contributed by atoms with van der Waals surface area (Å²) in [6.07, 6.45) is 4.97. The summed E-state index contributed by atoms with van der Waals surface area (Å²) in [5.74, 6) is -0.952. The first kappa shape index (κ1) is 22.4. The van der Waals surface area contributed by atoms with Gasteiger partial charge in [-0.25, -0.2) is 18.2 Å². The van der Waals surface area contributed by atoms with Crippen LogP contribution in [0.2, 0.25) is 0 Å². The summed E-state index contributed by atoms with van der Waals surface area (Å²) in [6.45, 7) is 1.65. The van der Waals surface area contributed by atoms with Crippen LogP contribution in [-0.4, -0.2) is 49.8 Å². The summed E-state index contributed by atoms with van der Waals surface area (Å²) >= 11 is 1.02. The topological polar surface area (TPSA) is 106 Å². The number of aromatic nitrogens is 1. The van der Waals surface area contributed by atoms with Crippen molar-refractivity contribution in [2.24, 2.45) is 0 Å². The van der Waals surface area contributed by atoms with Crippen molar-refractivity contribution < 1.29 is 22.7 Å². The molecule has 1 N–H and O–H groups in total. The van der Waals surface area contributed by atoms with Crippen molar-refractivity contribution in [2.75, 3.05) is 19.5 Å². The van der Waals surface area contributed by atoms with Crippen LogP contribution in [-0.2, 0) is 14.8 Å². The fourth-order valence-electron chi connectivity index (χ4n) is 3.49. The summed E-state index contributed by atoms with van der Waals surface area (Å²) in [7, 11) is -0.715. The van der Waals surface area contributed by atoms with Gasteiger partial charge in [-0.15, -0.1) is 0 Å². The van der Waals surface area contributed by atoms with Gasteiger partial charge in [0.05, 0.1) is 17.7 Å². The predicted octanol–water partition coefficient (Wildman–Crippen LogP) is 3.44. The lowest BCUT2D eigenvalue weighted by molar-refractivity contribution is 0.0605. The van der Waals surface area contributed by atoms with Gasteiger partial charge >= 0.3 is 5.97 Å². The molecule has 162 valence electrons. The van der Waals surface area contributed by atoms with E-state index in [4.69, 9.17) is 0 Å². The molecule has 1 aromatic carbocycles. The lowest BCUT2D eigenvalue weighted by atomic mass is 9.96. The molecule has 1 aliphatic carbocycles. The van der Waals surface area contributed by atoms with Crippen LogP contribution in [0.15, 0.2) is 29.2 Å². The van der Waals surface area contributed by atoms with Crippen molar-refractivity contribution in [1.29, 1.82) is 0 Å². The summed E-state index contributed by atoms with van der Waals surface area (Å²) in [6, 6.07) is 5.84. The van der Waals surface area contributed by atoms with Crippen LogP contribution in [0.3, 0.4) is 0 Å². The molecule has 1 saturated carbocycles. The minimum Gasteiger partial charge on any atom is -0.465 e. The highest BCUT2D eigenvalue weighted by Crippen LogP contribution is 2.27. The Morgan fingerprint density at radius 2 is 1.80 bits per heavy atom. The van der Waals surface area contributed by atoms with E-state index in [0.717, 1.165) is 43.4 Å². The lowest BCUT2D eigenvalue weighted by Gasteiger charge is -2.30. The van der Waals surface area contributed by atoms with E-state index in [1.54, 1.807) is 14.0 Å². The van der Waals surface area contributed by atoms with Crippen LogP contribution >= 0.6 is 11.3 Å². The molecule has 0 bridgehead atoms. The number of aryl methyl sites for hydroxylation is 1. The van der Waals surface area contributed by atoms with Gasteiger partial charge in [0, 0.05) is 18.7 Å². The molecular formula is C20H25N3O5S2. The van der Waals surface area contributed by atoms with Crippen LogP contribution in [0.5, 0.6) is 0 Å². The Morgan fingerprint density at radius 1 is 1.17 bits per heavy atom. The monoisotopic (exact) mass is 451 g/mol. The Hall–Kier alpha value is -2.30. The second-order valence-electron chi connectivity index (χ2n) is 7.22. The zero-order valence-electron chi connectivity index (χ0n) is 17.2. The van der Waals surface area contributed by atoms with Crippen molar-refractivity contribution in [3.63, 3.8) is 0 Å². The number of nitrogens with zero attached hydrogens (tertiary/aromatic N) is 2. The molecule has 2 aromatic rings. The number of sulfonamides is 1. The van der Waals surface area contributed by atoms with Gasteiger partial charge in [0.15, 0.2) is 5.13 Å². The molecule has 1 aromatic heterocycles. The zero-order valence-corrected chi connectivity index (χ0v) is 18.8. The van der Waals surface area contributed by atoms with Crippen LogP contribution in [0.1, 0.15) is 57.8 Å². The first-order valence-corrected chi connectivity index (χ1v) is 11.9. The van der Waals surface area contributed by atoms with E-state index in [1.807, 2.05) is 0 Å². The molecule has 1 aliphatic rings. The van der Waals surface area contributed by atoms with Gasteiger partial charge < -0.3 is 4.74 Å². The third-order valence-electron chi connectivity index (χ3n) is 5.27. The van der Waals surface area contributed by atoms with Gasteiger partial charge in [-0.3, -0.25) is 10.1 Å². The molecule has 0 radical (unpaired) electrons. The van der Waals surface area contributed by atoms with E-state index in [2.05, 4.69) is 15.0 Å². The normalized spacial score (nSPS) is 15.2. The van der Waals surface area contributed by atoms with Crippen molar-refractivity contribution >= 4 is 38.4 Å². The maximum atomic E-state index is 12.9. The zero-order chi connectivity index (χ0) is 21.9. The molecule has 1 amide bonds. The Balaban J connectivity index is 1.72. The fourth-order valence-corrected chi connectivity index (χ4v) is 5.78. The van der Waals surface area contributed by atoms with E-state index in [9.17, 15) is 18.0 Å². The predicted molar refractivity (Wildman–Crippen MR) is 114 cm³/mol. The number of methoxy groups -OCH3 is 1. The molecule has 0 atom stereocenters. The minimum absolute atomic E-state index is 0.0175. The number of rotatable bonds is 6. The smallest absolute Gasteiger partial charge is 0.350 e. The maximum Gasteiger partial charge on any atom is 0.350 e. The number of nitrogens with one attached hydrogen (secondary N) is 1. The van der Waals surface area contributed by atoms with Crippen LogP contribution < -0.4 is 5.32 Å². The summed E-state index contributed by atoms with van der Waals surface area (Å²) < 4.78 is 32.0. The lowest BCUT2D eigenvalue weighted by Crippen LogP contribution is -2.38. The fraction of sp³-hybridized carbons (Fsp3) is 0.450. The van der Waals surface area contributed by atoms with E-state index in [0.29, 0.717) is 16.1 Å². The van der Waals surface area contributed by atoms with Crippen LogP contribution in [0, 0.1) is 6.92 Å². The van der Waals surface area contributed by atoms with Gasteiger partial charge in [0.25, 0.3) is 5.91 Å². The van der Waals surface area contributed by atoms with E-state index in [1.165, 1.54) is 35.7 Å². The molecule has 10 heteroatoms. The van der Waals surface area contributed by atoms with E-state index < -0.39 is 21.9 Å². The number of ether oxygens (including phenoxy) is 1. The summed E-state index contributed by atoms with van der Waals surface area (Å²) in [5.41, 5.74) is 0.760. The number of anilines is 1.